The van der Waals surface area contributed by atoms with Crippen molar-refractivity contribution in [2.24, 2.45) is 5.73 Å². The van der Waals surface area contributed by atoms with Crippen molar-refractivity contribution < 1.29 is 9.13 Å². The molecule has 0 bridgehead atoms. The van der Waals surface area contributed by atoms with E-state index >= 15 is 0 Å². The number of benzene rings is 1. The molecule has 1 unspecified atom stereocenters. The number of rotatable bonds is 5. The Morgan fingerprint density at radius 3 is 2.57 bits per heavy atom. The average molecular weight is 197 g/mol. The number of halogens is 1. The van der Waals surface area contributed by atoms with Crippen molar-refractivity contribution in [1.29, 1.82) is 0 Å². The van der Waals surface area contributed by atoms with E-state index in [0.29, 0.717) is 13.2 Å². The van der Waals surface area contributed by atoms with Crippen LogP contribution in [0.15, 0.2) is 24.3 Å². The van der Waals surface area contributed by atoms with Crippen LogP contribution in [-0.2, 0) is 11.3 Å². The predicted octanol–water partition coefficient (Wildman–Crippen LogP) is 2.08. The predicted molar refractivity (Wildman–Crippen MR) is 54.3 cm³/mol. The maximum Gasteiger partial charge on any atom is 0.123 e. The van der Waals surface area contributed by atoms with Gasteiger partial charge in [-0.3, -0.25) is 0 Å². The Morgan fingerprint density at radius 2 is 2.00 bits per heavy atom. The lowest BCUT2D eigenvalue weighted by Gasteiger charge is -2.09. The Kier molecular flexibility index (Phi) is 4.56. The quantitative estimate of drug-likeness (QED) is 0.784. The Balaban J connectivity index is 2.28. The fourth-order valence-electron chi connectivity index (χ4n) is 1.03. The van der Waals surface area contributed by atoms with Gasteiger partial charge in [-0.1, -0.05) is 19.1 Å². The van der Waals surface area contributed by atoms with Gasteiger partial charge in [0.2, 0.25) is 0 Å². The molecule has 0 aliphatic rings. The van der Waals surface area contributed by atoms with Gasteiger partial charge in [0.25, 0.3) is 0 Å². The van der Waals surface area contributed by atoms with Gasteiger partial charge in [0.15, 0.2) is 0 Å². The molecule has 78 valence electrons. The molecule has 0 saturated heterocycles. The van der Waals surface area contributed by atoms with Crippen molar-refractivity contribution in [3.8, 4) is 0 Å². The lowest BCUT2D eigenvalue weighted by atomic mass is 10.2. The number of nitrogens with two attached hydrogens (primary N) is 1. The molecule has 0 radical (unpaired) electrons. The van der Waals surface area contributed by atoms with Gasteiger partial charge in [-0.25, -0.2) is 4.39 Å². The number of ether oxygens (including phenoxy) is 1. The van der Waals surface area contributed by atoms with Crippen LogP contribution in [0, 0.1) is 5.82 Å². The summed E-state index contributed by atoms with van der Waals surface area (Å²) in [5.41, 5.74) is 6.64. The third-order valence-corrected chi connectivity index (χ3v) is 2.04. The number of hydrogen-bond acceptors (Lipinski definition) is 2. The molecule has 0 saturated carbocycles. The molecular weight excluding hydrogens is 181 g/mol. The molecule has 0 aliphatic heterocycles. The van der Waals surface area contributed by atoms with Crippen LogP contribution in [0.25, 0.3) is 0 Å². The van der Waals surface area contributed by atoms with E-state index in [4.69, 9.17) is 10.5 Å². The van der Waals surface area contributed by atoms with Gasteiger partial charge in [-0.15, -0.1) is 0 Å². The summed E-state index contributed by atoms with van der Waals surface area (Å²) in [7, 11) is 0. The zero-order chi connectivity index (χ0) is 10.4. The first-order valence-corrected chi connectivity index (χ1v) is 4.80. The zero-order valence-electron chi connectivity index (χ0n) is 8.37. The van der Waals surface area contributed by atoms with Crippen molar-refractivity contribution in [3.05, 3.63) is 35.6 Å². The Labute approximate surface area is 83.9 Å². The van der Waals surface area contributed by atoms with E-state index in [1.165, 1.54) is 12.1 Å². The first kappa shape index (κ1) is 11.1. The molecule has 1 atom stereocenters. The van der Waals surface area contributed by atoms with Crippen LogP contribution in [0.4, 0.5) is 4.39 Å². The summed E-state index contributed by atoms with van der Waals surface area (Å²) in [5, 5.41) is 0. The van der Waals surface area contributed by atoms with Crippen molar-refractivity contribution in [1.82, 2.24) is 0 Å². The maximum absolute atomic E-state index is 12.5. The molecule has 1 aromatic rings. The van der Waals surface area contributed by atoms with Crippen LogP contribution in [-0.4, -0.2) is 12.6 Å². The largest absolute Gasteiger partial charge is 0.375 e. The minimum Gasteiger partial charge on any atom is -0.375 e. The highest BCUT2D eigenvalue weighted by atomic mass is 19.1. The lowest BCUT2D eigenvalue weighted by molar-refractivity contribution is 0.107. The zero-order valence-corrected chi connectivity index (χ0v) is 8.37. The minimum absolute atomic E-state index is 0.0930. The van der Waals surface area contributed by atoms with Crippen molar-refractivity contribution in [2.75, 3.05) is 6.61 Å². The lowest BCUT2D eigenvalue weighted by Crippen LogP contribution is -2.24. The van der Waals surface area contributed by atoms with Crippen LogP contribution >= 0.6 is 0 Å². The molecule has 3 heteroatoms. The Hall–Kier alpha value is -0.930. The molecule has 0 aliphatic carbocycles. The van der Waals surface area contributed by atoms with Gasteiger partial charge in [0, 0.05) is 6.04 Å². The molecule has 0 aromatic heterocycles. The van der Waals surface area contributed by atoms with Gasteiger partial charge in [0.1, 0.15) is 5.82 Å². The normalized spacial score (nSPS) is 12.8. The molecule has 2 N–H and O–H groups in total. The molecule has 2 nitrogen and oxygen atoms in total. The van der Waals surface area contributed by atoms with Gasteiger partial charge in [-0.05, 0) is 24.1 Å². The third-order valence-electron chi connectivity index (χ3n) is 2.04. The standard InChI is InChI=1S/C11H16FNO/c1-2-11(13)8-14-7-9-3-5-10(12)6-4-9/h3-6,11H,2,7-8,13H2,1H3. The fraction of sp³-hybridized carbons (Fsp3) is 0.455. The van der Waals surface area contributed by atoms with Crippen molar-refractivity contribution >= 4 is 0 Å². The van der Waals surface area contributed by atoms with Crippen LogP contribution in [0.1, 0.15) is 18.9 Å². The van der Waals surface area contributed by atoms with E-state index in [1.807, 2.05) is 6.92 Å². The Bertz CT molecular complexity index is 260. The SMILES string of the molecule is CCC(N)COCc1ccc(F)cc1. The van der Waals surface area contributed by atoms with Crippen LogP contribution < -0.4 is 5.73 Å². The molecule has 0 fully saturated rings. The topological polar surface area (TPSA) is 35.2 Å². The van der Waals surface area contributed by atoms with Crippen LogP contribution in [0.2, 0.25) is 0 Å². The van der Waals surface area contributed by atoms with Crippen LogP contribution in [0.5, 0.6) is 0 Å². The van der Waals surface area contributed by atoms with Gasteiger partial charge < -0.3 is 10.5 Å². The van der Waals surface area contributed by atoms with Crippen molar-refractivity contribution in [2.45, 2.75) is 26.0 Å². The molecule has 14 heavy (non-hydrogen) atoms. The molecular formula is C11H16FNO. The third kappa shape index (κ3) is 3.85. The van der Waals surface area contributed by atoms with Gasteiger partial charge in [0.05, 0.1) is 13.2 Å². The minimum atomic E-state index is -0.223. The fourth-order valence-corrected chi connectivity index (χ4v) is 1.03. The molecule has 0 amide bonds. The molecule has 1 aromatic carbocycles. The van der Waals surface area contributed by atoms with E-state index in [1.54, 1.807) is 12.1 Å². The van der Waals surface area contributed by atoms with E-state index in [2.05, 4.69) is 0 Å². The first-order valence-electron chi connectivity index (χ1n) is 4.80. The van der Waals surface area contributed by atoms with E-state index in [9.17, 15) is 4.39 Å². The highest BCUT2D eigenvalue weighted by molar-refractivity contribution is 5.14. The summed E-state index contributed by atoms with van der Waals surface area (Å²) in [6.45, 7) is 3.06. The summed E-state index contributed by atoms with van der Waals surface area (Å²) >= 11 is 0. The Morgan fingerprint density at radius 1 is 1.36 bits per heavy atom. The monoisotopic (exact) mass is 197 g/mol. The second-order valence-corrected chi connectivity index (χ2v) is 3.31. The summed E-state index contributed by atoms with van der Waals surface area (Å²) < 4.78 is 17.9. The maximum atomic E-state index is 12.5. The molecule has 0 heterocycles. The summed E-state index contributed by atoms with van der Waals surface area (Å²) in [5.74, 6) is -0.223. The van der Waals surface area contributed by atoms with E-state index in [0.717, 1.165) is 12.0 Å². The molecule has 0 spiro atoms. The average Bonchev–Trinajstić information content (AvgIpc) is 2.21. The van der Waals surface area contributed by atoms with Crippen molar-refractivity contribution in [3.63, 3.8) is 0 Å². The van der Waals surface area contributed by atoms with E-state index < -0.39 is 0 Å². The second-order valence-electron chi connectivity index (χ2n) is 3.31. The number of hydrogen-bond donors (Lipinski definition) is 1. The van der Waals surface area contributed by atoms with Gasteiger partial charge >= 0.3 is 0 Å². The van der Waals surface area contributed by atoms with Crippen LogP contribution in [0.3, 0.4) is 0 Å². The van der Waals surface area contributed by atoms with Gasteiger partial charge in [-0.2, -0.15) is 0 Å². The highest BCUT2D eigenvalue weighted by Gasteiger charge is 1.99. The second kappa shape index (κ2) is 5.73. The first-order chi connectivity index (χ1) is 6.72. The smallest absolute Gasteiger partial charge is 0.123 e. The highest BCUT2D eigenvalue weighted by Crippen LogP contribution is 2.04. The van der Waals surface area contributed by atoms with E-state index in [-0.39, 0.29) is 11.9 Å². The summed E-state index contributed by atoms with van der Waals surface area (Å²) in [6.07, 6.45) is 0.906. The summed E-state index contributed by atoms with van der Waals surface area (Å²) in [4.78, 5) is 0. The molecule has 1 rings (SSSR count). The summed E-state index contributed by atoms with van der Waals surface area (Å²) in [6, 6.07) is 6.38.